The number of hydrogen-bond donors (Lipinski definition) is 1. The van der Waals surface area contributed by atoms with Crippen molar-refractivity contribution in [2.24, 2.45) is 0 Å². The minimum atomic E-state index is -0.153. The summed E-state index contributed by atoms with van der Waals surface area (Å²) in [5.41, 5.74) is 2.85. The van der Waals surface area contributed by atoms with Crippen molar-refractivity contribution in [3.05, 3.63) is 88.2 Å². The monoisotopic (exact) mass is 385 g/mol. The molecular formula is C20H17Cl2N3O. The van der Waals surface area contributed by atoms with Crippen molar-refractivity contribution in [2.45, 2.75) is 6.54 Å². The Labute approximate surface area is 162 Å². The molecular weight excluding hydrogens is 369 g/mol. The molecule has 0 aliphatic rings. The van der Waals surface area contributed by atoms with Crippen LogP contribution in [0.5, 0.6) is 0 Å². The van der Waals surface area contributed by atoms with E-state index in [2.05, 4.69) is 10.3 Å². The molecule has 0 atom stereocenters. The highest BCUT2D eigenvalue weighted by Gasteiger charge is 2.14. The third-order valence-electron chi connectivity index (χ3n) is 3.80. The first kappa shape index (κ1) is 18.2. The summed E-state index contributed by atoms with van der Waals surface area (Å²) in [7, 11) is 1.76. The smallest absolute Gasteiger partial charge is 0.272 e. The molecule has 3 rings (SSSR count). The number of hydrogen-bond acceptors (Lipinski definition) is 3. The highest BCUT2D eigenvalue weighted by atomic mass is 35.5. The Kier molecular flexibility index (Phi) is 5.76. The van der Waals surface area contributed by atoms with Crippen LogP contribution in [0.2, 0.25) is 10.0 Å². The number of halogens is 2. The second-order valence-electron chi connectivity index (χ2n) is 5.83. The van der Waals surface area contributed by atoms with Gasteiger partial charge in [0.15, 0.2) is 0 Å². The van der Waals surface area contributed by atoms with Crippen LogP contribution in [0.25, 0.3) is 0 Å². The highest BCUT2D eigenvalue weighted by Crippen LogP contribution is 2.28. The lowest BCUT2D eigenvalue weighted by molar-refractivity contribution is 0.0779. The fraction of sp³-hybridized carbons (Fsp3) is 0.100. The molecule has 4 nitrogen and oxygen atoms in total. The molecule has 0 aliphatic carbocycles. The van der Waals surface area contributed by atoms with E-state index in [1.54, 1.807) is 48.5 Å². The lowest BCUT2D eigenvalue weighted by Crippen LogP contribution is -2.27. The van der Waals surface area contributed by atoms with Crippen LogP contribution in [0, 0.1) is 0 Å². The molecule has 132 valence electrons. The molecule has 0 radical (unpaired) electrons. The first-order valence-corrected chi connectivity index (χ1v) is 8.76. The molecule has 1 aromatic heterocycles. The minimum Gasteiger partial charge on any atom is -0.354 e. The lowest BCUT2D eigenvalue weighted by Gasteiger charge is -2.17. The maximum Gasteiger partial charge on any atom is 0.272 e. The number of aromatic nitrogens is 1. The molecule has 1 N–H and O–H groups in total. The van der Waals surface area contributed by atoms with Gasteiger partial charge in [0.1, 0.15) is 5.69 Å². The van der Waals surface area contributed by atoms with Crippen LogP contribution < -0.4 is 5.32 Å². The van der Waals surface area contributed by atoms with E-state index in [1.807, 2.05) is 30.3 Å². The van der Waals surface area contributed by atoms with Gasteiger partial charge in [-0.15, -0.1) is 0 Å². The van der Waals surface area contributed by atoms with Crippen molar-refractivity contribution in [3.8, 4) is 0 Å². The standard InChI is InChI=1S/C20H17Cl2N3O/c1-25(13-14-5-3-2-4-6-14)20(26)19-12-16(9-10-23-19)24-18-8-7-15(21)11-17(18)22/h2-12H,13H2,1H3,(H,23,24). The minimum absolute atomic E-state index is 0.153. The predicted octanol–water partition coefficient (Wildman–Crippen LogP) is 5.40. The molecule has 2 aromatic carbocycles. The summed E-state index contributed by atoms with van der Waals surface area (Å²) in [6.45, 7) is 0.516. The number of pyridine rings is 1. The van der Waals surface area contributed by atoms with E-state index >= 15 is 0 Å². The van der Waals surface area contributed by atoms with E-state index in [0.717, 1.165) is 11.3 Å². The van der Waals surface area contributed by atoms with Gasteiger partial charge in [-0.3, -0.25) is 9.78 Å². The molecule has 1 amide bonds. The van der Waals surface area contributed by atoms with Gasteiger partial charge < -0.3 is 10.2 Å². The van der Waals surface area contributed by atoms with Gasteiger partial charge in [-0.25, -0.2) is 0 Å². The normalized spacial score (nSPS) is 10.4. The summed E-state index contributed by atoms with van der Waals surface area (Å²) < 4.78 is 0. The van der Waals surface area contributed by atoms with Crippen molar-refractivity contribution in [2.75, 3.05) is 12.4 Å². The number of nitrogens with zero attached hydrogens (tertiary/aromatic N) is 2. The molecule has 0 saturated heterocycles. The molecule has 0 saturated carbocycles. The van der Waals surface area contributed by atoms with Crippen molar-refractivity contribution in [3.63, 3.8) is 0 Å². The Morgan fingerprint density at radius 1 is 1.08 bits per heavy atom. The summed E-state index contributed by atoms with van der Waals surface area (Å²) >= 11 is 12.1. The number of carbonyl (C=O) groups is 1. The van der Waals surface area contributed by atoms with Crippen molar-refractivity contribution >= 4 is 40.5 Å². The summed E-state index contributed by atoms with van der Waals surface area (Å²) in [5, 5.41) is 4.25. The van der Waals surface area contributed by atoms with E-state index in [4.69, 9.17) is 23.2 Å². The van der Waals surface area contributed by atoms with Crippen LogP contribution in [0.1, 0.15) is 16.1 Å². The second-order valence-corrected chi connectivity index (χ2v) is 6.67. The van der Waals surface area contributed by atoms with E-state index < -0.39 is 0 Å². The number of amides is 1. The average molecular weight is 386 g/mol. The maximum atomic E-state index is 12.7. The molecule has 0 spiro atoms. The third kappa shape index (κ3) is 4.54. The molecule has 0 aliphatic heterocycles. The van der Waals surface area contributed by atoms with Crippen LogP contribution in [0.15, 0.2) is 66.9 Å². The molecule has 0 fully saturated rings. The second kappa shape index (κ2) is 8.21. The number of benzene rings is 2. The number of carbonyl (C=O) groups excluding carboxylic acids is 1. The van der Waals surface area contributed by atoms with Crippen LogP contribution >= 0.6 is 23.2 Å². The van der Waals surface area contributed by atoms with Gasteiger partial charge in [0, 0.05) is 30.5 Å². The van der Waals surface area contributed by atoms with Gasteiger partial charge in [0.05, 0.1) is 10.7 Å². The lowest BCUT2D eigenvalue weighted by atomic mass is 10.2. The number of rotatable bonds is 5. The van der Waals surface area contributed by atoms with Gasteiger partial charge in [-0.2, -0.15) is 0 Å². The zero-order valence-corrected chi connectivity index (χ0v) is 15.6. The Hall–Kier alpha value is -2.56. The largest absolute Gasteiger partial charge is 0.354 e. The van der Waals surface area contributed by atoms with Gasteiger partial charge in [0.25, 0.3) is 5.91 Å². The van der Waals surface area contributed by atoms with Gasteiger partial charge >= 0.3 is 0 Å². The molecule has 1 heterocycles. The number of anilines is 2. The SMILES string of the molecule is CN(Cc1ccccc1)C(=O)c1cc(Nc2ccc(Cl)cc2Cl)ccn1. The molecule has 6 heteroatoms. The van der Waals surface area contributed by atoms with Crippen LogP contribution in [-0.4, -0.2) is 22.8 Å². The topological polar surface area (TPSA) is 45.2 Å². The van der Waals surface area contributed by atoms with Crippen LogP contribution in [0.3, 0.4) is 0 Å². The summed E-state index contributed by atoms with van der Waals surface area (Å²) in [4.78, 5) is 18.5. The number of nitrogens with one attached hydrogen (secondary N) is 1. The first-order valence-electron chi connectivity index (χ1n) is 8.00. The summed E-state index contributed by atoms with van der Waals surface area (Å²) in [5.74, 6) is -0.153. The fourth-order valence-electron chi connectivity index (χ4n) is 2.50. The summed E-state index contributed by atoms with van der Waals surface area (Å²) in [6, 6.07) is 18.5. The van der Waals surface area contributed by atoms with Crippen molar-refractivity contribution < 1.29 is 4.79 Å². The Bertz CT molecular complexity index is 916. The van der Waals surface area contributed by atoms with Gasteiger partial charge in [-0.1, -0.05) is 53.5 Å². The van der Waals surface area contributed by atoms with Crippen molar-refractivity contribution in [1.29, 1.82) is 0 Å². The van der Waals surface area contributed by atoms with Crippen LogP contribution in [-0.2, 0) is 6.54 Å². The van der Waals surface area contributed by atoms with Gasteiger partial charge in [-0.05, 0) is 35.9 Å². The van der Waals surface area contributed by atoms with Crippen LogP contribution in [0.4, 0.5) is 11.4 Å². The van der Waals surface area contributed by atoms with E-state index in [1.165, 1.54) is 0 Å². The summed E-state index contributed by atoms with van der Waals surface area (Å²) in [6.07, 6.45) is 1.59. The van der Waals surface area contributed by atoms with E-state index in [-0.39, 0.29) is 5.91 Å². The Balaban J connectivity index is 1.74. The molecule has 0 bridgehead atoms. The maximum absolute atomic E-state index is 12.7. The Morgan fingerprint density at radius 2 is 1.85 bits per heavy atom. The zero-order valence-electron chi connectivity index (χ0n) is 14.1. The average Bonchev–Trinajstić information content (AvgIpc) is 2.64. The van der Waals surface area contributed by atoms with Crippen molar-refractivity contribution in [1.82, 2.24) is 9.88 Å². The fourth-order valence-corrected chi connectivity index (χ4v) is 2.95. The van der Waals surface area contributed by atoms with Gasteiger partial charge in [0.2, 0.25) is 0 Å². The molecule has 0 unspecified atom stereocenters. The predicted molar refractivity (Wildman–Crippen MR) is 106 cm³/mol. The Morgan fingerprint density at radius 3 is 2.58 bits per heavy atom. The quantitative estimate of drug-likeness (QED) is 0.638. The first-order chi connectivity index (χ1) is 12.5. The zero-order chi connectivity index (χ0) is 18.5. The molecule has 26 heavy (non-hydrogen) atoms. The molecule has 3 aromatic rings. The van der Waals surface area contributed by atoms with E-state index in [0.29, 0.717) is 28.0 Å². The van der Waals surface area contributed by atoms with E-state index in [9.17, 15) is 4.79 Å². The highest BCUT2D eigenvalue weighted by molar-refractivity contribution is 6.36. The third-order valence-corrected chi connectivity index (χ3v) is 4.35.